The fraction of sp³-hybridized carbons (Fsp3) is 0.250. The number of hydrogen-bond acceptors (Lipinski definition) is 5. The second-order valence-corrected chi connectivity index (χ2v) is 6.96. The zero-order valence-electron chi connectivity index (χ0n) is 15.0. The molecule has 1 aromatic heterocycles. The predicted octanol–water partition coefficient (Wildman–Crippen LogP) is 4.23. The van der Waals surface area contributed by atoms with E-state index in [0.29, 0.717) is 35.5 Å². The van der Waals surface area contributed by atoms with Gasteiger partial charge in [-0.05, 0) is 37.3 Å². The van der Waals surface area contributed by atoms with Crippen LogP contribution in [0.2, 0.25) is 5.02 Å². The molecule has 2 aromatic carbocycles. The Morgan fingerprint density at radius 1 is 1.26 bits per heavy atom. The molecule has 4 rings (SSSR count). The van der Waals surface area contributed by atoms with Crippen LogP contribution in [0.3, 0.4) is 0 Å². The number of amides is 1. The summed E-state index contributed by atoms with van der Waals surface area (Å²) in [4.78, 5) is 18.7. The second kappa shape index (κ2) is 7.04. The first-order valence-corrected chi connectivity index (χ1v) is 8.97. The van der Waals surface area contributed by atoms with Gasteiger partial charge in [0.1, 0.15) is 5.75 Å². The molecule has 0 bridgehead atoms. The summed E-state index contributed by atoms with van der Waals surface area (Å²) in [6, 6.07) is 13.2. The predicted molar refractivity (Wildman–Crippen MR) is 102 cm³/mol. The largest absolute Gasteiger partial charge is 0.495 e. The summed E-state index contributed by atoms with van der Waals surface area (Å²) in [7, 11) is 1.56. The lowest BCUT2D eigenvalue weighted by molar-refractivity contribution is -0.117. The number of ether oxygens (including phenoxy) is 1. The van der Waals surface area contributed by atoms with E-state index in [1.165, 1.54) is 0 Å². The molecule has 6 nitrogen and oxygen atoms in total. The Bertz CT molecular complexity index is 1000. The molecule has 1 fully saturated rings. The molecule has 0 aliphatic carbocycles. The number of methoxy groups -OCH3 is 1. The normalized spacial score (nSPS) is 16.8. The molecule has 1 saturated heterocycles. The summed E-state index contributed by atoms with van der Waals surface area (Å²) in [5.74, 6) is 1.46. The van der Waals surface area contributed by atoms with Gasteiger partial charge in [0.2, 0.25) is 5.91 Å². The highest BCUT2D eigenvalue weighted by molar-refractivity contribution is 6.32. The molecule has 7 heteroatoms. The van der Waals surface area contributed by atoms with Crippen LogP contribution in [0.15, 0.2) is 47.0 Å². The van der Waals surface area contributed by atoms with Crippen LogP contribution in [-0.4, -0.2) is 29.7 Å². The Balaban J connectivity index is 1.55. The summed E-state index contributed by atoms with van der Waals surface area (Å²) in [5.41, 5.74) is 2.72. The maximum Gasteiger partial charge on any atom is 0.257 e. The first-order chi connectivity index (χ1) is 13.0. The molecule has 1 aliphatic heterocycles. The summed E-state index contributed by atoms with van der Waals surface area (Å²) >= 11 is 6.19. The highest BCUT2D eigenvalue weighted by Gasteiger charge is 2.35. The van der Waals surface area contributed by atoms with E-state index in [-0.39, 0.29) is 11.8 Å². The van der Waals surface area contributed by atoms with Crippen molar-refractivity contribution >= 4 is 23.2 Å². The molecule has 138 valence electrons. The molecular formula is C20H18ClN3O3. The molecule has 3 aromatic rings. The molecule has 1 amide bonds. The van der Waals surface area contributed by atoms with Crippen molar-refractivity contribution in [3.8, 4) is 17.2 Å². The van der Waals surface area contributed by atoms with Crippen molar-refractivity contribution in [1.29, 1.82) is 0 Å². The van der Waals surface area contributed by atoms with Crippen LogP contribution in [0.5, 0.6) is 5.75 Å². The third-order valence-corrected chi connectivity index (χ3v) is 4.94. The number of hydrogen-bond donors (Lipinski definition) is 0. The van der Waals surface area contributed by atoms with Crippen LogP contribution in [-0.2, 0) is 4.79 Å². The summed E-state index contributed by atoms with van der Waals surface area (Å²) in [6.45, 7) is 2.49. The molecule has 0 N–H and O–H groups in total. The van der Waals surface area contributed by atoms with E-state index in [0.717, 1.165) is 16.8 Å². The first kappa shape index (κ1) is 17.5. The fourth-order valence-corrected chi connectivity index (χ4v) is 3.50. The number of aryl methyl sites for hydroxylation is 1. The van der Waals surface area contributed by atoms with E-state index in [1.807, 2.05) is 37.3 Å². The van der Waals surface area contributed by atoms with Crippen molar-refractivity contribution in [2.24, 2.45) is 0 Å². The topological polar surface area (TPSA) is 68.5 Å². The van der Waals surface area contributed by atoms with Gasteiger partial charge in [-0.25, -0.2) is 0 Å². The molecule has 0 saturated carbocycles. The van der Waals surface area contributed by atoms with Crippen molar-refractivity contribution in [1.82, 2.24) is 10.1 Å². The SMILES string of the molecule is COc1ccc(N2CC(c3noc(-c4cccc(C)c4)n3)CC2=O)cc1Cl. The molecule has 27 heavy (non-hydrogen) atoms. The lowest BCUT2D eigenvalue weighted by atomic mass is 10.1. The van der Waals surface area contributed by atoms with Crippen LogP contribution in [0.4, 0.5) is 5.69 Å². The molecule has 1 unspecified atom stereocenters. The van der Waals surface area contributed by atoms with E-state index in [4.69, 9.17) is 20.9 Å². The average molecular weight is 384 g/mol. The molecule has 0 radical (unpaired) electrons. The van der Waals surface area contributed by atoms with Crippen LogP contribution >= 0.6 is 11.6 Å². The van der Waals surface area contributed by atoms with E-state index >= 15 is 0 Å². The van der Waals surface area contributed by atoms with E-state index in [1.54, 1.807) is 24.1 Å². The molecule has 2 heterocycles. The van der Waals surface area contributed by atoms with E-state index in [2.05, 4.69) is 10.1 Å². The van der Waals surface area contributed by atoms with Crippen molar-refractivity contribution in [3.05, 3.63) is 58.9 Å². The number of benzene rings is 2. The third-order valence-electron chi connectivity index (χ3n) is 4.64. The Morgan fingerprint density at radius 3 is 2.85 bits per heavy atom. The maximum atomic E-state index is 12.5. The third kappa shape index (κ3) is 3.40. The zero-order chi connectivity index (χ0) is 19.0. The van der Waals surface area contributed by atoms with E-state index < -0.39 is 0 Å². The van der Waals surface area contributed by atoms with Gasteiger partial charge in [0, 0.05) is 30.1 Å². The van der Waals surface area contributed by atoms with Gasteiger partial charge in [-0.15, -0.1) is 0 Å². The van der Waals surface area contributed by atoms with Gasteiger partial charge in [0.05, 0.1) is 12.1 Å². The fourth-order valence-electron chi connectivity index (χ4n) is 3.25. The summed E-state index contributed by atoms with van der Waals surface area (Å²) in [6.07, 6.45) is 0.330. The monoisotopic (exact) mass is 383 g/mol. The van der Waals surface area contributed by atoms with Crippen LogP contribution in [0.25, 0.3) is 11.5 Å². The second-order valence-electron chi connectivity index (χ2n) is 6.55. The van der Waals surface area contributed by atoms with E-state index in [9.17, 15) is 4.79 Å². The maximum absolute atomic E-state index is 12.5. The van der Waals surface area contributed by atoms with Crippen molar-refractivity contribution in [2.45, 2.75) is 19.3 Å². The van der Waals surface area contributed by atoms with Gasteiger partial charge in [-0.3, -0.25) is 4.79 Å². The lowest BCUT2D eigenvalue weighted by Gasteiger charge is -2.17. The lowest BCUT2D eigenvalue weighted by Crippen LogP contribution is -2.24. The quantitative estimate of drug-likeness (QED) is 0.674. The van der Waals surface area contributed by atoms with Crippen LogP contribution in [0, 0.1) is 6.92 Å². The molecular weight excluding hydrogens is 366 g/mol. The van der Waals surface area contributed by atoms with Gasteiger partial charge in [-0.1, -0.05) is 34.5 Å². The van der Waals surface area contributed by atoms with Gasteiger partial charge in [-0.2, -0.15) is 4.98 Å². The van der Waals surface area contributed by atoms with Crippen molar-refractivity contribution < 1.29 is 14.1 Å². The van der Waals surface area contributed by atoms with Crippen LogP contribution < -0.4 is 9.64 Å². The van der Waals surface area contributed by atoms with Gasteiger partial charge in [0.15, 0.2) is 5.82 Å². The minimum atomic E-state index is -0.124. The Kier molecular flexibility index (Phi) is 4.58. The highest BCUT2D eigenvalue weighted by Crippen LogP contribution is 2.35. The van der Waals surface area contributed by atoms with Crippen LogP contribution in [0.1, 0.15) is 23.7 Å². The number of rotatable bonds is 4. The highest BCUT2D eigenvalue weighted by atomic mass is 35.5. The minimum Gasteiger partial charge on any atom is -0.495 e. The molecule has 1 atom stereocenters. The molecule has 1 aliphatic rings. The Labute approximate surface area is 161 Å². The smallest absolute Gasteiger partial charge is 0.257 e. The zero-order valence-corrected chi connectivity index (χ0v) is 15.7. The number of carbonyl (C=O) groups is 1. The number of halogens is 1. The summed E-state index contributed by atoms with van der Waals surface area (Å²) in [5, 5.41) is 4.57. The van der Waals surface area contributed by atoms with Crippen molar-refractivity contribution in [2.75, 3.05) is 18.6 Å². The Morgan fingerprint density at radius 2 is 2.11 bits per heavy atom. The van der Waals surface area contributed by atoms with Gasteiger partial charge >= 0.3 is 0 Å². The Hall–Kier alpha value is -2.86. The number of aromatic nitrogens is 2. The number of nitrogens with zero attached hydrogens (tertiary/aromatic N) is 3. The van der Waals surface area contributed by atoms with Gasteiger partial charge < -0.3 is 14.2 Å². The van der Waals surface area contributed by atoms with Gasteiger partial charge in [0.25, 0.3) is 5.89 Å². The first-order valence-electron chi connectivity index (χ1n) is 8.59. The number of carbonyl (C=O) groups excluding carboxylic acids is 1. The molecule has 0 spiro atoms. The standard InChI is InChI=1S/C20H18ClN3O3/c1-12-4-3-5-13(8-12)20-22-19(23-27-20)14-9-18(25)24(11-14)15-6-7-17(26-2)16(21)10-15/h3-8,10,14H,9,11H2,1-2H3. The summed E-state index contributed by atoms with van der Waals surface area (Å²) < 4.78 is 10.6. The van der Waals surface area contributed by atoms with Crippen molar-refractivity contribution in [3.63, 3.8) is 0 Å². The minimum absolute atomic E-state index is 0.00291. The number of anilines is 1. The average Bonchev–Trinajstić information content (AvgIpc) is 3.28.